The SMILES string of the molecule is CCCCOCCOc1ccc(-c2cnc3c(c2)/C=C(/C(=O)OC)CCCN3CCC)cc1. The standard InChI is InChI=1S/C27H36N2O4/c1-4-6-15-32-16-17-33-25-11-9-21(10-12-25)24-19-23-18-22(27(30)31-3)8-7-14-29(13-5-2)26(23)28-20-24/h9-12,18-20H,4-8,13-17H2,1-3H3/b22-18+. The number of aromatic nitrogens is 1. The van der Waals surface area contributed by atoms with Crippen LogP contribution in [-0.2, 0) is 14.3 Å². The van der Waals surface area contributed by atoms with Crippen molar-refractivity contribution < 1.29 is 19.0 Å². The van der Waals surface area contributed by atoms with Crippen LogP contribution in [-0.4, -0.2) is 51.0 Å². The molecule has 0 unspecified atom stereocenters. The van der Waals surface area contributed by atoms with E-state index in [1.807, 2.05) is 36.5 Å². The summed E-state index contributed by atoms with van der Waals surface area (Å²) in [6.45, 7) is 8.05. The van der Waals surface area contributed by atoms with Crippen molar-refractivity contribution in [2.75, 3.05) is 44.9 Å². The zero-order valence-electron chi connectivity index (χ0n) is 20.1. The first-order chi connectivity index (χ1) is 16.2. The summed E-state index contributed by atoms with van der Waals surface area (Å²) in [7, 11) is 1.43. The highest BCUT2D eigenvalue weighted by Crippen LogP contribution is 2.31. The minimum Gasteiger partial charge on any atom is -0.491 e. The quantitative estimate of drug-likeness (QED) is 0.331. The van der Waals surface area contributed by atoms with Crippen molar-refractivity contribution in [2.24, 2.45) is 0 Å². The van der Waals surface area contributed by atoms with Gasteiger partial charge < -0.3 is 19.1 Å². The number of benzene rings is 1. The topological polar surface area (TPSA) is 60.9 Å². The molecule has 2 heterocycles. The largest absolute Gasteiger partial charge is 0.491 e. The molecule has 0 aliphatic carbocycles. The molecule has 1 aliphatic rings. The van der Waals surface area contributed by atoms with Crippen LogP contribution in [0.15, 0.2) is 42.1 Å². The number of unbranched alkanes of at least 4 members (excludes halogenated alkanes) is 1. The summed E-state index contributed by atoms with van der Waals surface area (Å²) >= 11 is 0. The second-order valence-corrected chi connectivity index (χ2v) is 8.23. The number of fused-ring (bicyclic) bond motifs is 1. The van der Waals surface area contributed by atoms with Gasteiger partial charge in [-0.25, -0.2) is 9.78 Å². The fourth-order valence-electron chi connectivity index (χ4n) is 3.92. The van der Waals surface area contributed by atoms with Crippen LogP contribution < -0.4 is 9.64 Å². The summed E-state index contributed by atoms with van der Waals surface area (Å²) in [5.41, 5.74) is 3.69. The van der Waals surface area contributed by atoms with E-state index in [1.165, 1.54) is 7.11 Å². The highest BCUT2D eigenvalue weighted by molar-refractivity contribution is 5.95. The van der Waals surface area contributed by atoms with Gasteiger partial charge in [-0.15, -0.1) is 0 Å². The van der Waals surface area contributed by atoms with Crippen molar-refractivity contribution in [3.63, 3.8) is 0 Å². The molecule has 1 aromatic carbocycles. The van der Waals surface area contributed by atoms with Crippen LogP contribution in [0.1, 0.15) is 51.5 Å². The number of carbonyl (C=O) groups is 1. The van der Waals surface area contributed by atoms with E-state index in [0.29, 0.717) is 25.2 Å². The maximum Gasteiger partial charge on any atom is 0.333 e. The van der Waals surface area contributed by atoms with Crippen molar-refractivity contribution in [3.05, 3.63) is 47.7 Å². The van der Waals surface area contributed by atoms with E-state index in [4.69, 9.17) is 19.2 Å². The second kappa shape index (κ2) is 13.0. The Morgan fingerprint density at radius 3 is 2.61 bits per heavy atom. The number of pyridine rings is 1. The molecule has 1 aliphatic heterocycles. The molecular weight excluding hydrogens is 416 g/mol. The molecule has 0 fully saturated rings. The Morgan fingerprint density at radius 1 is 1.06 bits per heavy atom. The first kappa shape index (κ1) is 24.8. The molecule has 0 saturated heterocycles. The fraction of sp³-hybridized carbons (Fsp3) is 0.481. The molecule has 6 heteroatoms. The molecular formula is C27H36N2O4. The number of ether oxygens (including phenoxy) is 3. The Labute approximate surface area is 197 Å². The van der Waals surface area contributed by atoms with Gasteiger partial charge in [0.05, 0.1) is 13.7 Å². The summed E-state index contributed by atoms with van der Waals surface area (Å²) in [5.74, 6) is 1.47. The maximum absolute atomic E-state index is 12.3. The molecule has 0 bridgehead atoms. The van der Waals surface area contributed by atoms with Crippen LogP contribution in [0.2, 0.25) is 0 Å². The molecule has 3 rings (SSSR count). The van der Waals surface area contributed by atoms with Crippen molar-refractivity contribution in [1.29, 1.82) is 0 Å². The van der Waals surface area contributed by atoms with Gasteiger partial charge in [-0.1, -0.05) is 32.4 Å². The zero-order valence-corrected chi connectivity index (χ0v) is 20.1. The minimum absolute atomic E-state index is 0.268. The Kier molecular flexibility index (Phi) is 9.76. The first-order valence-electron chi connectivity index (χ1n) is 12.0. The van der Waals surface area contributed by atoms with Gasteiger partial charge in [0.15, 0.2) is 0 Å². The van der Waals surface area contributed by atoms with Gasteiger partial charge in [-0.05, 0) is 55.5 Å². The van der Waals surface area contributed by atoms with E-state index in [1.54, 1.807) is 0 Å². The number of nitrogens with zero attached hydrogens (tertiary/aromatic N) is 2. The third-order valence-electron chi connectivity index (χ3n) is 5.67. The van der Waals surface area contributed by atoms with Crippen LogP contribution in [0.3, 0.4) is 0 Å². The maximum atomic E-state index is 12.3. The molecule has 2 aromatic rings. The lowest BCUT2D eigenvalue weighted by molar-refractivity contribution is -0.136. The number of rotatable bonds is 11. The smallest absolute Gasteiger partial charge is 0.333 e. The van der Waals surface area contributed by atoms with Gasteiger partial charge in [0, 0.05) is 42.6 Å². The van der Waals surface area contributed by atoms with Crippen molar-refractivity contribution >= 4 is 17.9 Å². The number of methoxy groups -OCH3 is 1. The van der Waals surface area contributed by atoms with Crippen molar-refractivity contribution in [3.8, 4) is 16.9 Å². The first-order valence-corrected chi connectivity index (χ1v) is 12.0. The van der Waals surface area contributed by atoms with Crippen LogP contribution >= 0.6 is 0 Å². The summed E-state index contributed by atoms with van der Waals surface area (Å²) in [6, 6.07) is 10.1. The summed E-state index contributed by atoms with van der Waals surface area (Å²) in [4.78, 5) is 19.4. The Balaban J connectivity index is 1.78. The van der Waals surface area contributed by atoms with Crippen LogP contribution in [0.25, 0.3) is 17.2 Å². The number of anilines is 1. The number of esters is 1. The fourth-order valence-corrected chi connectivity index (χ4v) is 3.92. The molecule has 0 saturated carbocycles. The van der Waals surface area contributed by atoms with Gasteiger partial charge in [0.25, 0.3) is 0 Å². The van der Waals surface area contributed by atoms with E-state index in [0.717, 1.165) is 73.6 Å². The normalized spacial score (nSPS) is 15.1. The van der Waals surface area contributed by atoms with E-state index in [-0.39, 0.29) is 5.97 Å². The average Bonchev–Trinajstić information content (AvgIpc) is 2.83. The van der Waals surface area contributed by atoms with Gasteiger partial charge in [0.1, 0.15) is 18.2 Å². The van der Waals surface area contributed by atoms with Gasteiger partial charge >= 0.3 is 5.97 Å². The molecule has 0 spiro atoms. The van der Waals surface area contributed by atoms with Gasteiger partial charge in [0.2, 0.25) is 0 Å². The lowest BCUT2D eigenvalue weighted by Gasteiger charge is -2.27. The highest BCUT2D eigenvalue weighted by Gasteiger charge is 2.19. The third-order valence-corrected chi connectivity index (χ3v) is 5.67. The Bertz CT molecular complexity index is 924. The van der Waals surface area contributed by atoms with Gasteiger partial charge in [-0.2, -0.15) is 0 Å². The van der Waals surface area contributed by atoms with Crippen LogP contribution in [0, 0.1) is 0 Å². The molecule has 6 nitrogen and oxygen atoms in total. The zero-order chi connectivity index (χ0) is 23.5. The van der Waals surface area contributed by atoms with E-state index >= 15 is 0 Å². The van der Waals surface area contributed by atoms with Gasteiger partial charge in [-0.3, -0.25) is 0 Å². The average molecular weight is 453 g/mol. The minimum atomic E-state index is -0.268. The monoisotopic (exact) mass is 452 g/mol. The molecule has 0 amide bonds. The Morgan fingerprint density at radius 2 is 1.88 bits per heavy atom. The lowest BCUT2D eigenvalue weighted by atomic mass is 10.00. The summed E-state index contributed by atoms with van der Waals surface area (Å²) in [5, 5.41) is 0. The number of hydrogen-bond acceptors (Lipinski definition) is 6. The number of carbonyl (C=O) groups excluding carboxylic acids is 1. The molecule has 1 aromatic heterocycles. The molecule has 0 N–H and O–H groups in total. The van der Waals surface area contributed by atoms with Crippen molar-refractivity contribution in [2.45, 2.75) is 46.0 Å². The molecule has 0 atom stereocenters. The lowest BCUT2D eigenvalue weighted by Crippen LogP contribution is -2.28. The molecule has 0 radical (unpaired) electrons. The number of hydrogen-bond donors (Lipinski definition) is 0. The Hall–Kier alpha value is -2.86. The van der Waals surface area contributed by atoms with E-state index in [9.17, 15) is 4.79 Å². The predicted octanol–water partition coefficient (Wildman–Crippen LogP) is 5.51. The van der Waals surface area contributed by atoms with Crippen LogP contribution in [0.5, 0.6) is 5.75 Å². The predicted molar refractivity (Wildman–Crippen MR) is 133 cm³/mol. The molecule has 178 valence electrons. The third kappa shape index (κ3) is 7.06. The van der Waals surface area contributed by atoms with E-state index in [2.05, 4.69) is 24.8 Å². The highest BCUT2D eigenvalue weighted by atomic mass is 16.5. The molecule has 33 heavy (non-hydrogen) atoms. The van der Waals surface area contributed by atoms with Crippen molar-refractivity contribution in [1.82, 2.24) is 4.98 Å². The summed E-state index contributed by atoms with van der Waals surface area (Å²) < 4.78 is 16.3. The van der Waals surface area contributed by atoms with E-state index < -0.39 is 0 Å². The second-order valence-electron chi connectivity index (χ2n) is 8.23. The summed E-state index contributed by atoms with van der Waals surface area (Å²) in [6.07, 6.45) is 8.70. The van der Waals surface area contributed by atoms with Crippen LogP contribution in [0.4, 0.5) is 5.82 Å².